The van der Waals surface area contributed by atoms with E-state index in [9.17, 15) is 9.90 Å². The van der Waals surface area contributed by atoms with E-state index >= 15 is 0 Å². The number of hydrogen-bond donors (Lipinski definition) is 3. The first kappa shape index (κ1) is 12.4. The molecule has 2 aliphatic rings. The van der Waals surface area contributed by atoms with Crippen LogP contribution in [0.5, 0.6) is 0 Å². The van der Waals surface area contributed by atoms with Crippen molar-refractivity contribution in [3.63, 3.8) is 0 Å². The fraction of sp³-hybridized carbons (Fsp3) is 0.400. The number of allylic oxidation sites excluding steroid dienone is 1. The topological polar surface area (TPSA) is 79.1 Å². The fourth-order valence-electron chi connectivity index (χ4n) is 3.53. The average molecular weight is 258 g/mol. The first-order valence-corrected chi connectivity index (χ1v) is 6.55. The van der Waals surface area contributed by atoms with Gasteiger partial charge >= 0.3 is 0 Å². The Morgan fingerprint density at radius 2 is 2.37 bits per heavy atom. The molecule has 0 radical (unpaired) electrons. The van der Waals surface area contributed by atoms with Crippen molar-refractivity contribution in [3.8, 4) is 0 Å². The lowest BCUT2D eigenvalue weighted by atomic mass is 9.63. The second kappa shape index (κ2) is 4.18. The summed E-state index contributed by atoms with van der Waals surface area (Å²) in [4.78, 5) is 14.4. The van der Waals surface area contributed by atoms with Crippen molar-refractivity contribution >= 4 is 0 Å². The molecule has 100 valence electrons. The minimum absolute atomic E-state index is 0.00361. The lowest BCUT2D eigenvalue weighted by Gasteiger charge is -2.45. The predicted molar refractivity (Wildman–Crippen MR) is 73.7 cm³/mol. The number of pyridine rings is 1. The Labute approximate surface area is 111 Å². The molecule has 2 aliphatic carbocycles. The Kier molecular flexibility index (Phi) is 2.73. The van der Waals surface area contributed by atoms with E-state index in [0.717, 1.165) is 29.7 Å². The summed E-state index contributed by atoms with van der Waals surface area (Å²) in [6.45, 7) is 2.08. The Hall–Kier alpha value is -1.65. The normalized spacial score (nSPS) is 31.0. The van der Waals surface area contributed by atoms with Crippen molar-refractivity contribution in [1.29, 1.82) is 0 Å². The summed E-state index contributed by atoms with van der Waals surface area (Å²) in [5, 5.41) is 9.24. The van der Waals surface area contributed by atoms with E-state index in [-0.39, 0.29) is 18.1 Å². The van der Waals surface area contributed by atoms with Gasteiger partial charge in [-0.2, -0.15) is 0 Å². The van der Waals surface area contributed by atoms with Crippen LogP contribution in [-0.4, -0.2) is 16.7 Å². The largest absolute Gasteiger partial charge is 0.392 e. The van der Waals surface area contributed by atoms with Gasteiger partial charge in [-0.25, -0.2) is 0 Å². The SMILES string of the molecule is CC1=C[C@@H]2Cc3[nH]c(=O)ccc3[C@](N)(C1)C2=CCO. The van der Waals surface area contributed by atoms with Crippen LogP contribution < -0.4 is 11.3 Å². The van der Waals surface area contributed by atoms with Crippen LogP contribution >= 0.6 is 0 Å². The molecule has 3 rings (SSSR count). The third kappa shape index (κ3) is 1.79. The van der Waals surface area contributed by atoms with Crippen LogP contribution in [0.3, 0.4) is 0 Å². The molecule has 0 saturated heterocycles. The van der Waals surface area contributed by atoms with Crippen molar-refractivity contribution in [2.75, 3.05) is 6.61 Å². The Balaban J connectivity index is 2.25. The number of aromatic nitrogens is 1. The van der Waals surface area contributed by atoms with E-state index < -0.39 is 5.54 Å². The third-order valence-electron chi connectivity index (χ3n) is 4.17. The molecule has 0 aromatic carbocycles. The smallest absolute Gasteiger partial charge is 0.248 e. The van der Waals surface area contributed by atoms with Crippen molar-refractivity contribution in [2.45, 2.75) is 25.3 Å². The summed E-state index contributed by atoms with van der Waals surface area (Å²) in [5.74, 6) is 0.177. The van der Waals surface area contributed by atoms with Crippen LogP contribution in [0.25, 0.3) is 0 Å². The maximum atomic E-state index is 11.5. The van der Waals surface area contributed by atoms with E-state index in [1.54, 1.807) is 0 Å². The molecule has 4 nitrogen and oxygen atoms in total. The number of H-pyrrole nitrogens is 1. The average Bonchev–Trinajstić information content (AvgIpc) is 2.32. The highest BCUT2D eigenvalue weighted by molar-refractivity contribution is 5.49. The quantitative estimate of drug-likeness (QED) is 0.657. The zero-order valence-corrected chi connectivity index (χ0v) is 10.9. The van der Waals surface area contributed by atoms with E-state index in [4.69, 9.17) is 5.73 Å². The monoisotopic (exact) mass is 258 g/mol. The van der Waals surface area contributed by atoms with Gasteiger partial charge in [-0.15, -0.1) is 0 Å². The zero-order valence-electron chi connectivity index (χ0n) is 10.9. The molecular weight excluding hydrogens is 240 g/mol. The second-order valence-corrected chi connectivity index (χ2v) is 5.53. The van der Waals surface area contributed by atoms with Gasteiger partial charge in [-0.3, -0.25) is 4.79 Å². The van der Waals surface area contributed by atoms with Crippen molar-refractivity contribution in [3.05, 3.63) is 57.0 Å². The molecule has 2 atom stereocenters. The molecule has 4 heteroatoms. The highest BCUT2D eigenvalue weighted by Crippen LogP contribution is 2.47. The van der Waals surface area contributed by atoms with Crippen LogP contribution in [0.4, 0.5) is 0 Å². The second-order valence-electron chi connectivity index (χ2n) is 5.53. The standard InChI is InChI=1S/C15H18N2O2/c1-9-6-10-7-13-12(2-3-14(19)17-13)15(16,8-9)11(10)4-5-18/h2-4,6,10,18H,5,7-8,16H2,1H3,(H,17,19)/t10-,15+/m1/s1. The molecule has 0 saturated carbocycles. The van der Waals surface area contributed by atoms with Gasteiger partial charge in [0.05, 0.1) is 12.1 Å². The number of aromatic amines is 1. The number of aliphatic hydroxyl groups excluding tert-OH is 1. The molecule has 0 spiro atoms. The van der Waals surface area contributed by atoms with Crippen LogP contribution in [0.1, 0.15) is 24.6 Å². The lowest BCUT2D eigenvalue weighted by Crippen LogP contribution is -2.48. The Bertz CT molecular complexity index is 642. The first-order valence-electron chi connectivity index (χ1n) is 6.55. The molecule has 4 N–H and O–H groups in total. The molecule has 19 heavy (non-hydrogen) atoms. The van der Waals surface area contributed by atoms with Gasteiger partial charge in [0.15, 0.2) is 0 Å². The summed E-state index contributed by atoms with van der Waals surface area (Å²) in [7, 11) is 0. The molecule has 0 amide bonds. The molecule has 1 aromatic heterocycles. The van der Waals surface area contributed by atoms with E-state index in [0.29, 0.717) is 0 Å². The minimum Gasteiger partial charge on any atom is -0.392 e. The predicted octanol–water partition coefficient (Wildman–Crippen LogP) is 0.970. The summed E-state index contributed by atoms with van der Waals surface area (Å²) in [6, 6.07) is 3.35. The molecule has 0 unspecified atom stereocenters. The van der Waals surface area contributed by atoms with Gasteiger partial charge in [0.1, 0.15) is 0 Å². The van der Waals surface area contributed by atoms with Crippen molar-refractivity contribution < 1.29 is 5.11 Å². The number of rotatable bonds is 1. The summed E-state index contributed by atoms with van der Waals surface area (Å²) < 4.78 is 0. The van der Waals surface area contributed by atoms with E-state index in [1.807, 2.05) is 12.1 Å². The Morgan fingerprint density at radius 1 is 1.58 bits per heavy atom. The van der Waals surface area contributed by atoms with Crippen LogP contribution in [-0.2, 0) is 12.0 Å². The van der Waals surface area contributed by atoms with E-state index in [2.05, 4.69) is 18.0 Å². The van der Waals surface area contributed by atoms with Gasteiger partial charge in [0, 0.05) is 17.7 Å². The summed E-state index contributed by atoms with van der Waals surface area (Å²) in [5.41, 5.74) is 10.2. The van der Waals surface area contributed by atoms with Gasteiger partial charge in [-0.1, -0.05) is 17.7 Å². The lowest BCUT2D eigenvalue weighted by molar-refractivity contribution is 0.332. The first-order chi connectivity index (χ1) is 9.04. The van der Waals surface area contributed by atoms with Crippen molar-refractivity contribution in [1.82, 2.24) is 4.98 Å². The minimum atomic E-state index is -0.593. The molecular formula is C15H18N2O2. The van der Waals surface area contributed by atoms with Gasteiger partial charge in [0.2, 0.25) is 5.56 Å². The van der Waals surface area contributed by atoms with Crippen LogP contribution in [0.2, 0.25) is 0 Å². The summed E-state index contributed by atoms with van der Waals surface area (Å²) in [6.07, 6.45) is 5.49. The third-order valence-corrected chi connectivity index (χ3v) is 4.17. The highest BCUT2D eigenvalue weighted by Gasteiger charge is 2.43. The molecule has 1 aromatic rings. The number of aliphatic hydroxyl groups is 1. The molecule has 1 heterocycles. The zero-order chi connectivity index (χ0) is 13.6. The van der Waals surface area contributed by atoms with Crippen LogP contribution in [0, 0.1) is 5.92 Å². The maximum absolute atomic E-state index is 11.5. The van der Waals surface area contributed by atoms with Gasteiger partial charge in [-0.05, 0) is 37.0 Å². The highest BCUT2D eigenvalue weighted by atomic mass is 16.2. The fourth-order valence-corrected chi connectivity index (χ4v) is 3.53. The van der Waals surface area contributed by atoms with Crippen molar-refractivity contribution in [2.24, 2.45) is 11.7 Å². The number of hydrogen-bond acceptors (Lipinski definition) is 3. The van der Waals surface area contributed by atoms with E-state index in [1.165, 1.54) is 11.6 Å². The van der Waals surface area contributed by atoms with Gasteiger partial charge < -0.3 is 15.8 Å². The summed E-state index contributed by atoms with van der Waals surface area (Å²) >= 11 is 0. The number of fused-ring (bicyclic) bond motifs is 4. The maximum Gasteiger partial charge on any atom is 0.248 e. The van der Waals surface area contributed by atoms with Crippen LogP contribution in [0.15, 0.2) is 40.2 Å². The Morgan fingerprint density at radius 3 is 3.11 bits per heavy atom. The molecule has 0 aliphatic heterocycles. The number of nitrogens with one attached hydrogen (secondary N) is 1. The molecule has 0 fully saturated rings. The molecule has 2 bridgehead atoms. The number of nitrogens with two attached hydrogens (primary N) is 1. The van der Waals surface area contributed by atoms with Gasteiger partial charge in [0.25, 0.3) is 0 Å².